The van der Waals surface area contributed by atoms with Crippen LogP contribution in [-0.4, -0.2) is 11.0 Å². The molecule has 3 rings (SSSR count). The van der Waals surface area contributed by atoms with Gasteiger partial charge in [-0.25, -0.2) is 0 Å². The third-order valence-corrected chi connectivity index (χ3v) is 3.32. The molecule has 0 saturated carbocycles. The maximum absolute atomic E-state index is 3.57. The predicted octanol–water partition coefficient (Wildman–Crippen LogP) is 2.76. The second kappa shape index (κ2) is 3.11. The number of nitrogens with one attached hydrogen (secondary N) is 2. The van der Waals surface area contributed by atoms with Gasteiger partial charge in [-0.2, -0.15) is 0 Å². The smallest absolute Gasteiger partial charge is 0.0459 e. The Morgan fingerprint density at radius 2 is 2.00 bits per heavy atom. The third-order valence-electron chi connectivity index (χ3n) is 3.32. The van der Waals surface area contributed by atoms with E-state index in [9.17, 15) is 0 Å². The Morgan fingerprint density at radius 3 is 2.87 bits per heavy atom. The average Bonchev–Trinajstić information content (AvgIpc) is 2.57. The zero-order valence-electron chi connectivity index (χ0n) is 9.17. The van der Waals surface area contributed by atoms with Crippen molar-refractivity contribution in [1.29, 1.82) is 0 Å². The molecule has 1 aromatic carbocycles. The van der Waals surface area contributed by atoms with Crippen LogP contribution in [0.1, 0.15) is 31.1 Å². The maximum Gasteiger partial charge on any atom is 0.0459 e. The summed E-state index contributed by atoms with van der Waals surface area (Å²) >= 11 is 0. The molecular weight excluding hydrogens is 184 g/mol. The molecule has 2 atom stereocenters. The molecule has 0 aliphatic carbocycles. The molecule has 15 heavy (non-hydrogen) atoms. The molecule has 2 nitrogen and oxygen atoms in total. The first-order valence-electron chi connectivity index (χ1n) is 5.61. The van der Waals surface area contributed by atoms with E-state index < -0.39 is 0 Å². The first kappa shape index (κ1) is 8.98. The molecule has 1 aliphatic rings. The highest BCUT2D eigenvalue weighted by Gasteiger charge is 2.23. The molecule has 0 spiro atoms. The summed E-state index contributed by atoms with van der Waals surface area (Å²) in [6, 6.07) is 9.60. The number of hydrogen-bond acceptors (Lipinski definition) is 1. The van der Waals surface area contributed by atoms with E-state index >= 15 is 0 Å². The van der Waals surface area contributed by atoms with Gasteiger partial charge in [0.15, 0.2) is 0 Å². The summed E-state index contributed by atoms with van der Waals surface area (Å²) < 4.78 is 0. The number of aromatic amines is 1. The highest BCUT2D eigenvalue weighted by molar-refractivity contribution is 5.85. The van der Waals surface area contributed by atoms with Crippen molar-refractivity contribution >= 4 is 10.9 Å². The average molecular weight is 200 g/mol. The fourth-order valence-electron chi connectivity index (χ4n) is 2.69. The summed E-state index contributed by atoms with van der Waals surface area (Å²) in [5.74, 6) is 0. The van der Waals surface area contributed by atoms with Crippen LogP contribution >= 0.6 is 0 Å². The molecule has 2 N–H and O–H groups in total. The van der Waals surface area contributed by atoms with E-state index in [1.165, 1.54) is 22.2 Å². The standard InChI is InChI=1S/C13H16N2/c1-8-7-11-10-5-3-4-6-12(10)15-13(11)9(2)14-8/h3-6,8-9,14-15H,7H2,1-2H3. The van der Waals surface area contributed by atoms with E-state index in [0.717, 1.165) is 6.42 Å². The number of hydrogen-bond donors (Lipinski definition) is 2. The molecule has 78 valence electrons. The third kappa shape index (κ3) is 1.29. The summed E-state index contributed by atoms with van der Waals surface area (Å²) in [6.07, 6.45) is 1.13. The van der Waals surface area contributed by atoms with Crippen molar-refractivity contribution < 1.29 is 0 Å². The van der Waals surface area contributed by atoms with Crippen LogP contribution in [-0.2, 0) is 6.42 Å². The monoisotopic (exact) mass is 200 g/mol. The van der Waals surface area contributed by atoms with Crippen LogP contribution in [0.25, 0.3) is 10.9 Å². The second-order valence-electron chi connectivity index (χ2n) is 4.56. The Labute approximate surface area is 89.7 Å². The molecule has 0 amide bonds. The lowest BCUT2D eigenvalue weighted by atomic mass is 9.96. The van der Waals surface area contributed by atoms with Gasteiger partial charge in [-0.3, -0.25) is 0 Å². The van der Waals surface area contributed by atoms with Gasteiger partial charge in [-0.1, -0.05) is 18.2 Å². The molecule has 1 aromatic heterocycles. The minimum Gasteiger partial charge on any atom is -0.357 e. The van der Waals surface area contributed by atoms with Gasteiger partial charge in [0.25, 0.3) is 0 Å². The van der Waals surface area contributed by atoms with Crippen molar-refractivity contribution in [3.05, 3.63) is 35.5 Å². The summed E-state index contributed by atoms with van der Waals surface area (Å²) in [5, 5.41) is 4.96. The molecule has 0 radical (unpaired) electrons. The fraction of sp³-hybridized carbons (Fsp3) is 0.385. The SMILES string of the molecule is CC1Cc2c([nH]c3ccccc23)C(C)N1. The van der Waals surface area contributed by atoms with Crippen LogP contribution in [0.2, 0.25) is 0 Å². The van der Waals surface area contributed by atoms with Crippen LogP contribution in [0.15, 0.2) is 24.3 Å². The van der Waals surface area contributed by atoms with E-state index in [-0.39, 0.29) is 0 Å². The minimum absolute atomic E-state index is 0.441. The molecule has 0 bridgehead atoms. The van der Waals surface area contributed by atoms with Crippen molar-refractivity contribution in [1.82, 2.24) is 10.3 Å². The molecule has 2 heterocycles. The largest absolute Gasteiger partial charge is 0.357 e. The fourth-order valence-corrected chi connectivity index (χ4v) is 2.69. The zero-order valence-corrected chi connectivity index (χ0v) is 9.17. The summed E-state index contributed by atoms with van der Waals surface area (Å²) in [5.41, 5.74) is 4.14. The van der Waals surface area contributed by atoms with Gasteiger partial charge < -0.3 is 10.3 Å². The number of fused-ring (bicyclic) bond motifs is 3. The quantitative estimate of drug-likeness (QED) is 0.672. The summed E-state index contributed by atoms with van der Waals surface area (Å²) in [4.78, 5) is 3.52. The van der Waals surface area contributed by atoms with E-state index in [1.54, 1.807) is 0 Å². The molecule has 2 heteroatoms. The Kier molecular flexibility index (Phi) is 1.86. The van der Waals surface area contributed by atoms with Crippen molar-refractivity contribution in [3.8, 4) is 0 Å². The van der Waals surface area contributed by atoms with E-state index in [4.69, 9.17) is 0 Å². The number of rotatable bonds is 0. The number of para-hydroxylation sites is 1. The molecule has 0 fully saturated rings. The Bertz CT molecular complexity index is 498. The van der Waals surface area contributed by atoms with Gasteiger partial charge in [0.2, 0.25) is 0 Å². The van der Waals surface area contributed by atoms with Crippen LogP contribution in [0.5, 0.6) is 0 Å². The molecule has 2 aromatic rings. The maximum atomic E-state index is 3.57. The normalized spacial score (nSPS) is 25.5. The minimum atomic E-state index is 0.441. The van der Waals surface area contributed by atoms with Crippen LogP contribution in [0.4, 0.5) is 0 Å². The van der Waals surface area contributed by atoms with Crippen LogP contribution in [0.3, 0.4) is 0 Å². The van der Waals surface area contributed by atoms with Crippen LogP contribution < -0.4 is 5.32 Å². The number of benzene rings is 1. The van der Waals surface area contributed by atoms with Crippen molar-refractivity contribution in [3.63, 3.8) is 0 Å². The zero-order chi connectivity index (χ0) is 10.4. The lowest BCUT2D eigenvalue weighted by Crippen LogP contribution is -2.35. The highest BCUT2D eigenvalue weighted by atomic mass is 15.0. The Hall–Kier alpha value is -1.28. The second-order valence-corrected chi connectivity index (χ2v) is 4.56. The molecule has 1 aliphatic heterocycles. The van der Waals surface area contributed by atoms with Crippen molar-refractivity contribution in [2.45, 2.75) is 32.4 Å². The highest BCUT2D eigenvalue weighted by Crippen LogP contribution is 2.31. The van der Waals surface area contributed by atoms with E-state index in [2.05, 4.69) is 48.4 Å². The summed E-state index contributed by atoms with van der Waals surface area (Å²) in [7, 11) is 0. The van der Waals surface area contributed by atoms with Gasteiger partial charge in [0.05, 0.1) is 0 Å². The molecule has 2 unspecified atom stereocenters. The Morgan fingerprint density at radius 1 is 1.20 bits per heavy atom. The topological polar surface area (TPSA) is 27.8 Å². The van der Waals surface area contributed by atoms with Gasteiger partial charge >= 0.3 is 0 Å². The predicted molar refractivity (Wildman–Crippen MR) is 63.0 cm³/mol. The van der Waals surface area contributed by atoms with Gasteiger partial charge in [0, 0.05) is 28.7 Å². The first-order chi connectivity index (χ1) is 7.25. The van der Waals surface area contributed by atoms with Gasteiger partial charge in [-0.05, 0) is 31.9 Å². The molecule has 0 saturated heterocycles. The van der Waals surface area contributed by atoms with Crippen molar-refractivity contribution in [2.24, 2.45) is 0 Å². The molecular formula is C13H16N2. The number of H-pyrrole nitrogens is 1. The summed E-state index contributed by atoms with van der Waals surface area (Å²) in [6.45, 7) is 4.48. The lowest BCUT2D eigenvalue weighted by Gasteiger charge is -2.26. The van der Waals surface area contributed by atoms with Gasteiger partial charge in [-0.15, -0.1) is 0 Å². The van der Waals surface area contributed by atoms with Gasteiger partial charge in [0.1, 0.15) is 0 Å². The Balaban J connectivity index is 2.27. The van der Waals surface area contributed by atoms with Crippen molar-refractivity contribution in [2.75, 3.05) is 0 Å². The van der Waals surface area contributed by atoms with E-state index in [1.807, 2.05) is 0 Å². The number of aromatic nitrogens is 1. The lowest BCUT2D eigenvalue weighted by molar-refractivity contribution is 0.441. The van der Waals surface area contributed by atoms with Crippen LogP contribution in [0, 0.1) is 0 Å². The first-order valence-corrected chi connectivity index (χ1v) is 5.61. The van der Waals surface area contributed by atoms with E-state index in [0.29, 0.717) is 12.1 Å².